The van der Waals surface area contributed by atoms with E-state index >= 15 is 0 Å². The van der Waals surface area contributed by atoms with Crippen LogP contribution in [-0.4, -0.2) is 42.0 Å². The number of anilines is 1. The molecule has 1 saturated heterocycles. The fraction of sp³-hybridized carbons (Fsp3) is 0.538. The number of halogens is 1. The van der Waals surface area contributed by atoms with Crippen molar-refractivity contribution < 1.29 is 12.6 Å². The van der Waals surface area contributed by atoms with E-state index in [-0.39, 0.29) is 5.92 Å². The molecule has 0 saturated carbocycles. The largest absolute Gasteiger partial charge is 0.398 e. The molecule has 2 unspecified atom stereocenters. The molecule has 0 radical (unpaired) electrons. The number of hydrogen-bond acceptors (Lipinski definition) is 4. The van der Waals surface area contributed by atoms with E-state index in [2.05, 4.69) is 15.9 Å². The second-order valence-corrected chi connectivity index (χ2v) is 9.69. The van der Waals surface area contributed by atoms with Crippen molar-refractivity contribution in [3.63, 3.8) is 0 Å². The Kier molecular flexibility index (Phi) is 5.45. The van der Waals surface area contributed by atoms with Gasteiger partial charge in [-0.1, -0.05) is 15.9 Å². The van der Waals surface area contributed by atoms with Crippen LogP contribution in [0.4, 0.5) is 5.69 Å². The Labute approximate surface area is 136 Å². The number of nitrogens with two attached hydrogens (primary N) is 1. The van der Waals surface area contributed by atoms with Crippen molar-refractivity contribution in [1.29, 1.82) is 0 Å². The zero-order valence-corrected chi connectivity index (χ0v) is 15.0. The second kappa shape index (κ2) is 6.76. The minimum atomic E-state index is -3.17. The van der Waals surface area contributed by atoms with Crippen molar-refractivity contribution in [2.45, 2.75) is 17.7 Å². The first kappa shape index (κ1) is 16.9. The maximum Gasteiger partial charge on any atom is 0.211 e. The lowest BCUT2D eigenvalue weighted by Crippen LogP contribution is -2.40. The first-order valence-electron chi connectivity index (χ1n) is 6.66. The molecule has 0 spiro atoms. The smallest absolute Gasteiger partial charge is 0.211 e. The van der Waals surface area contributed by atoms with Crippen molar-refractivity contribution in [2.75, 3.05) is 30.8 Å². The van der Waals surface area contributed by atoms with Crippen LogP contribution in [0.5, 0.6) is 0 Å². The highest BCUT2D eigenvalue weighted by atomic mass is 79.9. The molecular formula is C13H19BrN2O3S2. The molecule has 1 aromatic rings. The molecule has 118 valence electrons. The molecule has 1 heterocycles. The Morgan fingerprint density at radius 3 is 2.81 bits per heavy atom. The number of rotatable bonds is 4. The van der Waals surface area contributed by atoms with E-state index < -0.39 is 20.8 Å². The van der Waals surface area contributed by atoms with Gasteiger partial charge < -0.3 is 5.73 Å². The minimum absolute atomic E-state index is 0.109. The highest BCUT2D eigenvalue weighted by molar-refractivity contribution is 9.10. The van der Waals surface area contributed by atoms with Gasteiger partial charge in [-0.2, -0.15) is 0 Å². The van der Waals surface area contributed by atoms with Gasteiger partial charge in [0.2, 0.25) is 10.0 Å². The highest BCUT2D eigenvalue weighted by Gasteiger charge is 2.27. The van der Waals surface area contributed by atoms with Crippen molar-refractivity contribution in [3.05, 3.63) is 22.7 Å². The third-order valence-corrected chi connectivity index (χ3v) is 6.95. The first-order valence-corrected chi connectivity index (χ1v) is 10.6. The van der Waals surface area contributed by atoms with E-state index in [1.165, 1.54) is 10.6 Å². The summed E-state index contributed by atoms with van der Waals surface area (Å²) in [7, 11) is -4.38. The molecule has 0 bridgehead atoms. The molecule has 0 aromatic heterocycles. The highest BCUT2D eigenvalue weighted by Crippen LogP contribution is 2.25. The van der Waals surface area contributed by atoms with Crippen LogP contribution in [0.25, 0.3) is 0 Å². The van der Waals surface area contributed by atoms with Crippen LogP contribution < -0.4 is 5.73 Å². The number of sulfonamides is 1. The van der Waals surface area contributed by atoms with Crippen molar-refractivity contribution in [1.82, 2.24) is 4.31 Å². The van der Waals surface area contributed by atoms with E-state index in [9.17, 15) is 12.6 Å². The van der Waals surface area contributed by atoms with Gasteiger partial charge in [0.25, 0.3) is 0 Å². The molecule has 1 fully saturated rings. The predicted octanol–water partition coefficient (Wildman–Crippen LogP) is 1.81. The van der Waals surface area contributed by atoms with Crippen LogP contribution in [0.15, 0.2) is 27.6 Å². The third kappa shape index (κ3) is 4.51. The van der Waals surface area contributed by atoms with Gasteiger partial charge in [0.05, 0.1) is 22.0 Å². The molecule has 1 aliphatic rings. The lowest BCUT2D eigenvalue weighted by atomic mass is 10.0. The summed E-state index contributed by atoms with van der Waals surface area (Å²) in [6.45, 7) is 1.00. The summed E-state index contributed by atoms with van der Waals surface area (Å²) in [6.07, 6.45) is 2.93. The topological polar surface area (TPSA) is 80.5 Å². The van der Waals surface area contributed by atoms with E-state index in [1.54, 1.807) is 12.1 Å². The Morgan fingerprint density at radius 2 is 2.19 bits per heavy atom. The maximum absolute atomic E-state index is 12.4. The van der Waals surface area contributed by atoms with Crippen molar-refractivity contribution >= 4 is 42.4 Å². The summed E-state index contributed by atoms with van der Waals surface area (Å²) in [6, 6.07) is 5.30. The predicted molar refractivity (Wildman–Crippen MR) is 89.0 cm³/mol. The van der Waals surface area contributed by atoms with Gasteiger partial charge in [0, 0.05) is 29.0 Å². The lowest BCUT2D eigenvalue weighted by Gasteiger charge is -2.30. The van der Waals surface area contributed by atoms with E-state index in [1.807, 2.05) is 6.07 Å². The molecule has 5 nitrogen and oxygen atoms in total. The zero-order chi connectivity index (χ0) is 15.6. The monoisotopic (exact) mass is 394 g/mol. The molecule has 2 N–H and O–H groups in total. The van der Waals surface area contributed by atoms with Crippen LogP contribution in [0, 0.1) is 5.92 Å². The van der Waals surface area contributed by atoms with Crippen molar-refractivity contribution in [3.8, 4) is 0 Å². The summed E-state index contributed by atoms with van der Waals surface area (Å²) in [5.41, 5.74) is 6.39. The second-order valence-electron chi connectivity index (χ2n) is 5.32. The summed E-state index contributed by atoms with van der Waals surface area (Å²) in [5, 5.41) is 0. The van der Waals surface area contributed by atoms with Crippen LogP contribution in [0.1, 0.15) is 12.8 Å². The fourth-order valence-corrected chi connectivity index (χ4v) is 5.24. The van der Waals surface area contributed by atoms with E-state index in [4.69, 9.17) is 5.73 Å². The Hall–Kier alpha value is -0.440. The fourth-order valence-electron chi connectivity index (χ4n) is 2.49. The summed E-state index contributed by atoms with van der Waals surface area (Å²) >= 11 is 3.32. The zero-order valence-electron chi connectivity index (χ0n) is 11.8. The molecule has 2 atom stereocenters. The van der Waals surface area contributed by atoms with Crippen LogP contribution in [-0.2, 0) is 20.8 Å². The van der Waals surface area contributed by atoms with Gasteiger partial charge in [-0.3, -0.25) is 4.21 Å². The number of hydrogen-bond donors (Lipinski definition) is 1. The molecule has 0 amide bonds. The Bertz CT molecular complexity index is 649. The van der Waals surface area contributed by atoms with E-state index in [0.717, 1.165) is 17.3 Å². The van der Waals surface area contributed by atoms with Gasteiger partial charge in [0.1, 0.15) is 0 Å². The standard InChI is InChI=1S/C13H19BrN2O3S2/c1-21(18,19)16-6-2-3-10(8-16)9-20(17)13-5-4-11(14)7-12(13)15/h4-5,7,10H,2-3,6,8-9,15H2,1H3. The Balaban J connectivity index is 2.05. The molecule has 8 heteroatoms. The molecule has 2 rings (SSSR count). The van der Waals surface area contributed by atoms with Gasteiger partial charge in [0.15, 0.2) is 0 Å². The molecule has 21 heavy (non-hydrogen) atoms. The quantitative estimate of drug-likeness (QED) is 0.789. The number of benzene rings is 1. The average molecular weight is 395 g/mol. The van der Waals surface area contributed by atoms with Gasteiger partial charge in [-0.15, -0.1) is 0 Å². The minimum Gasteiger partial charge on any atom is -0.398 e. The van der Waals surface area contributed by atoms with Crippen molar-refractivity contribution in [2.24, 2.45) is 5.92 Å². The van der Waals surface area contributed by atoms with Gasteiger partial charge >= 0.3 is 0 Å². The third-order valence-electron chi connectivity index (χ3n) is 3.55. The number of nitrogens with zero attached hydrogens (tertiary/aromatic N) is 1. The normalized spacial score (nSPS) is 22.1. The van der Waals surface area contributed by atoms with Crippen LogP contribution in [0.3, 0.4) is 0 Å². The number of nitrogen functional groups attached to an aromatic ring is 1. The average Bonchev–Trinajstić information content (AvgIpc) is 2.37. The molecule has 1 aliphatic heterocycles. The van der Waals surface area contributed by atoms with E-state index in [0.29, 0.717) is 29.4 Å². The SMILES string of the molecule is CS(=O)(=O)N1CCCC(CS(=O)c2ccc(Br)cc2N)C1. The summed E-state index contributed by atoms with van der Waals surface area (Å²) in [5.74, 6) is 0.551. The van der Waals surface area contributed by atoms with Gasteiger partial charge in [-0.05, 0) is 37.0 Å². The molecule has 1 aromatic carbocycles. The number of piperidine rings is 1. The molecule has 0 aliphatic carbocycles. The van der Waals surface area contributed by atoms with Crippen LogP contribution in [0.2, 0.25) is 0 Å². The Morgan fingerprint density at radius 1 is 1.48 bits per heavy atom. The van der Waals surface area contributed by atoms with Gasteiger partial charge in [-0.25, -0.2) is 12.7 Å². The first-order chi connectivity index (χ1) is 9.77. The summed E-state index contributed by atoms with van der Waals surface area (Å²) < 4.78 is 38.0. The van der Waals surface area contributed by atoms with Crippen LogP contribution >= 0.6 is 15.9 Å². The molecular weight excluding hydrogens is 376 g/mol. The lowest BCUT2D eigenvalue weighted by molar-refractivity contribution is 0.285. The maximum atomic E-state index is 12.4. The summed E-state index contributed by atoms with van der Waals surface area (Å²) in [4.78, 5) is 0.620.